The molecule has 5 atom stereocenters. The molecular weight excluding hydrogens is 1070 g/mol. The van der Waals surface area contributed by atoms with Crippen molar-refractivity contribution in [2.45, 2.75) is 129 Å². The van der Waals surface area contributed by atoms with Gasteiger partial charge < -0.3 is 35.2 Å². The summed E-state index contributed by atoms with van der Waals surface area (Å²) in [5, 5.41) is 41.9. The maximum absolute atomic E-state index is 16.4. The maximum Gasteiger partial charge on any atom is 0.355 e. The molecule has 20 heteroatoms. The maximum atomic E-state index is 16.4. The molecule has 7 aromatic rings. The van der Waals surface area contributed by atoms with Gasteiger partial charge in [0.1, 0.15) is 23.8 Å². The van der Waals surface area contributed by atoms with Gasteiger partial charge in [-0.15, -0.1) is 11.3 Å². The van der Waals surface area contributed by atoms with E-state index in [1.54, 1.807) is 80.9 Å². The number of pyridine rings is 1. The number of hydrogen-bond donors (Lipinski definition) is 6. The van der Waals surface area contributed by atoms with Crippen LogP contribution in [0, 0.1) is 25.2 Å². The minimum Gasteiger partial charge on any atom is -0.490 e. The molecule has 6 N–H and O–H groups in total. The number of likely N-dealkylation sites (tertiary alicyclic amines) is 1. The van der Waals surface area contributed by atoms with Gasteiger partial charge in [0.05, 0.1) is 44.5 Å². The second-order valence-corrected chi connectivity index (χ2v) is 24.4. The fraction of sp³-hybridized carbons (Fsp3) is 0.393. The van der Waals surface area contributed by atoms with E-state index in [4.69, 9.17) is 4.74 Å². The Hall–Kier alpha value is -7.23. The normalized spacial score (nSPS) is 19.6. The number of nitrogens with one attached hydrogen (secondary N) is 3. The van der Waals surface area contributed by atoms with Crippen LogP contribution >= 0.6 is 22.7 Å². The van der Waals surface area contributed by atoms with Gasteiger partial charge in [0, 0.05) is 42.7 Å². The van der Waals surface area contributed by atoms with E-state index in [0.717, 1.165) is 43.0 Å². The van der Waals surface area contributed by atoms with Gasteiger partial charge in [-0.05, 0) is 134 Å². The molecule has 2 fully saturated rings. The van der Waals surface area contributed by atoms with Crippen LogP contribution < -0.4 is 25.6 Å². The lowest BCUT2D eigenvalue weighted by Gasteiger charge is -2.39. The summed E-state index contributed by atoms with van der Waals surface area (Å²) < 4.78 is 40.2. The van der Waals surface area contributed by atoms with Crippen LogP contribution in [0.15, 0.2) is 103 Å². The average Bonchev–Trinajstić information content (AvgIpc) is 4.26. The highest BCUT2D eigenvalue weighted by Crippen LogP contribution is 2.41. The number of aliphatic hydroxyl groups excluding tert-OH is 2. The highest BCUT2D eigenvalue weighted by molar-refractivity contribution is 7.22. The molecule has 81 heavy (non-hydrogen) atoms. The van der Waals surface area contributed by atoms with Crippen molar-refractivity contribution in [2.24, 2.45) is 11.3 Å². The van der Waals surface area contributed by atoms with Crippen LogP contribution in [0.3, 0.4) is 0 Å². The monoisotopic (exact) mass is 1140 g/mol. The summed E-state index contributed by atoms with van der Waals surface area (Å²) in [6.07, 6.45) is -1.82. The number of carboxylic acid groups (broad SMARTS) is 1. The first kappa shape index (κ1) is 57.0. The number of thiazole rings is 2. The molecule has 0 bridgehead atoms. The van der Waals surface area contributed by atoms with E-state index < -0.39 is 65.6 Å². The molecule has 16 nitrogen and oxygen atoms in total. The number of ether oxygens (including phenoxy) is 1. The molecular formula is C61H66F2N8O8S2. The number of hydrogen-bond acceptors (Lipinski definition) is 14. The molecule has 3 aromatic heterocycles. The number of carbonyl (C=O) groups is 4. The van der Waals surface area contributed by atoms with Crippen molar-refractivity contribution in [2.75, 3.05) is 23.3 Å². The first-order valence-corrected chi connectivity index (χ1v) is 29.0. The summed E-state index contributed by atoms with van der Waals surface area (Å²) in [7, 11) is 0. The van der Waals surface area contributed by atoms with E-state index >= 15 is 8.78 Å². The van der Waals surface area contributed by atoms with Gasteiger partial charge in [-0.25, -0.2) is 19.7 Å². The number of nitrogens with zero attached hydrogens (tertiary/aromatic N) is 5. The van der Waals surface area contributed by atoms with Crippen LogP contribution in [0.4, 0.5) is 19.7 Å². The summed E-state index contributed by atoms with van der Waals surface area (Å²) in [4.78, 5) is 72.6. The zero-order valence-corrected chi connectivity index (χ0v) is 47.5. The van der Waals surface area contributed by atoms with Gasteiger partial charge in [0.2, 0.25) is 5.91 Å². The summed E-state index contributed by atoms with van der Waals surface area (Å²) in [5.41, 5.74) is 8.11. The van der Waals surface area contributed by atoms with Crippen LogP contribution in [-0.2, 0) is 22.6 Å². The topological polar surface area (TPSA) is 219 Å². The van der Waals surface area contributed by atoms with E-state index in [1.165, 1.54) is 16.2 Å². The molecule has 1 aliphatic carbocycles. The van der Waals surface area contributed by atoms with E-state index in [9.17, 15) is 34.5 Å². The van der Waals surface area contributed by atoms with Crippen molar-refractivity contribution in [1.82, 2.24) is 30.5 Å². The van der Waals surface area contributed by atoms with Crippen molar-refractivity contribution >= 4 is 67.5 Å². The third-order valence-electron chi connectivity index (χ3n) is 16.0. The number of fused-ring (bicyclic) bond motifs is 2. The number of benzene rings is 4. The summed E-state index contributed by atoms with van der Waals surface area (Å²) in [6.45, 7) is 11.3. The molecule has 424 valence electrons. The van der Waals surface area contributed by atoms with Crippen LogP contribution in [0.25, 0.3) is 31.8 Å². The Morgan fingerprint density at radius 2 is 1.62 bits per heavy atom. The lowest BCUT2D eigenvalue weighted by atomic mass is 9.81. The van der Waals surface area contributed by atoms with Crippen LogP contribution in [0.2, 0.25) is 0 Å². The number of rotatable bonds is 16. The molecule has 2 aliphatic heterocycles. The Balaban J connectivity index is 0.762. The number of aromatic carboxylic acids is 1. The number of carbonyl (C=O) groups excluding carboxylic acids is 3. The largest absolute Gasteiger partial charge is 0.490 e. The molecule has 1 saturated heterocycles. The Kier molecular flexibility index (Phi) is 16.4. The predicted octanol–water partition coefficient (Wildman–Crippen LogP) is 10.3. The van der Waals surface area contributed by atoms with Gasteiger partial charge in [0.25, 0.3) is 11.8 Å². The summed E-state index contributed by atoms with van der Waals surface area (Å²) >= 11 is 2.94. The molecule has 5 unspecified atom stereocenters. The molecule has 5 heterocycles. The van der Waals surface area contributed by atoms with Gasteiger partial charge >= 0.3 is 11.9 Å². The SMILES string of the molecule is Cc1ncsc1-c1ccc(C(C)NC(O)C2CC(O)CN2C(=O)C(NC(=O)C(F)(F)C2CCC(Oc3cccc(-c4ccc(N5CCc6cccc(C(=O)Nc7nc8ccccc8s7)c6C5)nc4C(=O)O)c3C)CC2)C(C)(C)C)cc1. The fourth-order valence-corrected chi connectivity index (χ4v) is 13.1. The number of alkyl halides is 2. The van der Waals surface area contributed by atoms with Gasteiger partial charge in [-0.2, -0.15) is 8.78 Å². The van der Waals surface area contributed by atoms with Crippen molar-refractivity contribution in [3.63, 3.8) is 0 Å². The molecule has 0 spiro atoms. The lowest BCUT2D eigenvalue weighted by Crippen LogP contribution is -2.61. The number of anilines is 2. The Morgan fingerprint density at radius 3 is 2.32 bits per heavy atom. The van der Waals surface area contributed by atoms with Crippen molar-refractivity contribution in [1.29, 1.82) is 0 Å². The summed E-state index contributed by atoms with van der Waals surface area (Å²) in [6, 6.07) is 27.2. The predicted molar refractivity (Wildman–Crippen MR) is 309 cm³/mol. The highest BCUT2D eigenvalue weighted by atomic mass is 32.1. The number of amides is 3. The van der Waals surface area contributed by atoms with Crippen LogP contribution in [0.1, 0.15) is 115 Å². The Labute approximate surface area is 476 Å². The smallest absolute Gasteiger partial charge is 0.355 e. The molecule has 1 saturated carbocycles. The first-order chi connectivity index (χ1) is 38.6. The number of β-amino-alcohol motifs (C(OH)–C–C–N with tert-alkyl or cyclic N) is 1. The number of aliphatic hydroxyl groups is 2. The van der Waals surface area contributed by atoms with Crippen LogP contribution in [0.5, 0.6) is 5.75 Å². The number of aryl methyl sites for hydroxylation is 1. The zero-order chi connectivity index (χ0) is 57.5. The van der Waals surface area contributed by atoms with Gasteiger partial charge in [-0.3, -0.25) is 25.0 Å². The van der Waals surface area contributed by atoms with E-state index in [2.05, 4.69) is 30.9 Å². The third kappa shape index (κ3) is 12.1. The number of carboxylic acids is 1. The standard InChI is InChI=1S/C61H66F2N8O8S2/c1-33-42(43-25-26-50(67-51(43)57(76)77)70-28-27-37-11-9-13-44(45(37)31-70)54(73)69-59-66-46-14-7-8-16-49(46)81-59)12-10-15-48(33)79-41-23-21-39(22-24-41)61(62,63)58(78)68-53(60(4,5)6)56(75)71-30-40(72)29-47(71)55(74)65-34(2)36-17-19-38(20-18-36)52-35(3)64-32-80-52/h7-20,25-26,32,34,39-41,47,53,55,65,72,74H,21-24,27-31H2,1-6H3,(H,68,78)(H,76,77)(H,66,69,73). The first-order valence-electron chi connectivity index (χ1n) is 27.3. The second-order valence-electron chi connectivity index (χ2n) is 22.5. The molecule has 3 aliphatic rings. The Morgan fingerprint density at radius 1 is 0.877 bits per heavy atom. The van der Waals surface area contributed by atoms with E-state index in [0.29, 0.717) is 58.5 Å². The quantitative estimate of drug-likeness (QED) is 0.0497. The zero-order valence-electron chi connectivity index (χ0n) is 45.9. The molecule has 3 amide bonds. The lowest BCUT2D eigenvalue weighted by molar-refractivity contribution is -0.161. The highest BCUT2D eigenvalue weighted by Gasteiger charge is 2.52. The molecule has 10 rings (SSSR count). The minimum absolute atomic E-state index is 0.0362. The van der Waals surface area contributed by atoms with Crippen LogP contribution in [-0.4, -0.2) is 108 Å². The minimum atomic E-state index is -3.85. The van der Waals surface area contributed by atoms with E-state index in [1.807, 2.05) is 79.4 Å². The summed E-state index contributed by atoms with van der Waals surface area (Å²) in [5.74, 6) is -8.09. The van der Waals surface area contributed by atoms with Crippen molar-refractivity contribution in [3.8, 4) is 27.3 Å². The number of halogens is 2. The Bertz CT molecular complexity index is 3450. The van der Waals surface area contributed by atoms with Crippen molar-refractivity contribution < 1.29 is 48.0 Å². The third-order valence-corrected chi connectivity index (χ3v) is 17.9. The number of aromatic nitrogens is 3. The van der Waals surface area contributed by atoms with Gasteiger partial charge in [0.15, 0.2) is 10.8 Å². The number of para-hydroxylation sites is 1. The average molecular weight is 1140 g/mol. The fourth-order valence-electron chi connectivity index (χ4n) is 11.4. The second kappa shape index (κ2) is 23.3. The van der Waals surface area contributed by atoms with Gasteiger partial charge in [-0.1, -0.05) is 92.8 Å². The molecule has 4 aromatic carbocycles. The molecule has 0 radical (unpaired) electrons. The van der Waals surface area contributed by atoms with E-state index in [-0.39, 0.29) is 56.3 Å². The van der Waals surface area contributed by atoms with Crippen molar-refractivity contribution in [3.05, 3.63) is 142 Å².